The molecule has 1 unspecified atom stereocenters. The summed E-state index contributed by atoms with van der Waals surface area (Å²) in [5, 5.41) is 30.1. The minimum absolute atomic E-state index is 0.0884. The van der Waals surface area contributed by atoms with Crippen LogP contribution in [0.25, 0.3) is 0 Å². The van der Waals surface area contributed by atoms with Gasteiger partial charge in [0.05, 0.1) is 12.2 Å². The van der Waals surface area contributed by atoms with Crippen LogP contribution in [-0.4, -0.2) is 33.9 Å². The number of hydrogen-bond acceptors (Lipinski definition) is 5. The number of rotatable bonds is 4. The number of halogens is 1. The van der Waals surface area contributed by atoms with Gasteiger partial charge in [-0.2, -0.15) is 5.26 Å². The van der Waals surface area contributed by atoms with Crippen molar-refractivity contribution in [2.24, 2.45) is 0 Å². The molecule has 6 heteroatoms. The zero-order chi connectivity index (χ0) is 12.2. The highest BCUT2D eigenvalue weighted by Gasteiger charge is 2.19. The molecule has 3 N–H and O–H groups in total. The summed E-state index contributed by atoms with van der Waals surface area (Å²) in [4.78, 5) is 3.94. The Balaban J connectivity index is 2.80. The number of aliphatic hydroxyl groups is 2. The minimum atomic E-state index is -1.26. The Morgan fingerprint density at radius 3 is 2.94 bits per heavy atom. The molecule has 0 radical (unpaired) electrons. The van der Waals surface area contributed by atoms with Crippen molar-refractivity contribution < 1.29 is 10.2 Å². The van der Waals surface area contributed by atoms with Gasteiger partial charge in [0.15, 0.2) is 0 Å². The molecule has 0 amide bonds. The first-order valence-corrected chi connectivity index (χ1v) is 4.99. The van der Waals surface area contributed by atoms with Gasteiger partial charge in [-0.05, 0) is 13.0 Å². The van der Waals surface area contributed by atoms with Gasteiger partial charge < -0.3 is 15.5 Å². The third kappa shape index (κ3) is 3.07. The lowest BCUT2D eigenvalue weighted by Crippen LogP contribution is -2.37. The zero-order valence-electron chi connectivity index (χ0n) is 8.74. The number of aromatic nitrogens is 1. The van der Waals surface area contributed by atoms with Crippen molar-refractivity contribution in [1.29, 1.82) is 5.26 Å². The zero-order valence-corrected chi connectivity index (χ0v) is 9.49. The molecule has 0 saturated heterocycles. The van der Waals surface area contributed by atoms with Gasteiger partial charge in [-0.15, -0.1) is 0 Å². The van der Waals surface area contributed by atoms with Crippen LogP contribution in [0.3, 0.4) is 0 Å². The topological polar surface area (TPSA) is 89.2 Å². The molecule has 1 heterocycles. The van der Waals surface area contributed by atoms with Crippen LogP contribution in [-0.2, 0) is 0 Å². The predicted octanol–water partition coefficient (Wildman–Crippen LogP) is 0.762. The van der Waals surface area contributed by atoms with E-state index in [4.69, 9.17) is 22.0 Å². The van der Waals surface area contributed by atoms with Crippen LogP contribution in [0.5, 0.6) is 0 Å². The summed E-state index contributed by atoms with van der Waals surface area (Å²) in [6.07, 6.45) is 1.44. The van der Waals surface area contributed by atoms with Crippen molar-refractivity contribution in [3.05, 3.63) is 22.8 Å². The normalized spacial score (nSPS) is 13.9. The Labute approximate surface area is 98.3 Å². The molecule has 0 saturated carbocycles. The smallest absolute Gasteiger partial charge is 0.146 e. The molecule has 0 aliphatic heterocycles. The highest BCUT2D eigenvalue weighted by Crippen LogP contribution is 2.23. The first kappa shape index (κ1) is 12.7. The van der Waals surface area contributed by atoms with Gasteiger partial charge in [-0.1, -0.05) is 11.6 Å². The average Bonchev–Trinajstić information content (AvgIpc) is 2.28. The van der Waals surface area contributed by atoms with Crippen LogP contribution >= 0.6 is 11.6 Å². The van der Waals surface area contributed by atoms with Crippen LogP contribution in [0, 0.1) is 11.3 Å². The van der Waals surface area contributed by atoms with Gasteiger partial charge in [-0.25, -0.2) is 4.98 Å². The molecule has 0 aromatic carbocycles. The molecule has 0 aliphatic carbocycles. The van der Waals surface area contributed by atoms with Crippen molar-refractivity contribution in [1.82, 2.24) is 4.98 Å². The Morgan fingerprint density at radius 1 is 1.69 bits per heavy atom. The third-order valence-corrected chi connectivity index (χ3v) is 2.37. The van der Waals surface area contributed by atoms with E-state index >= 15 is 0 Å². The molecule has 0 bridgehead atoms. The minimum Gasteiger partial charge on any atom is -0.393 e. The second-order valence-corrected chi connectivity index (χ2v) is 4.02. The lowest BCUT2D eigenvalue weighted by Gasteiger charge is -2.21. The number of nitrogens with one attached hydrogen (secondary N) is 1. The van der Waals surface area contributed by atoms with E-state index in [0.29, 0.717) is 11.4 Å². The summed E-state index contributed by atoms with van der Waals surface area (Å²) in [7, 11) is 0. The molecule has 1 aromatic heterocycles. The Morgan fingerprint density at radius 2 is 2.38 bits per heavy atom. The molecule has 0 spiro atoms. The second-order valence-electron chi connectivity index (χ2n) is 3.64. The van der Waals surface area contributed by atoms with Crippen LogP contribution in [0.1, 0.15) is 12.5 Å². The van der Waals surface area contributed by atoms with Gasteiger partial charge in [0.1, 0.15) is 22.5 Å². The molecule has 1 rings (SSSR count). The molecule has 0 fully saturated rings. The van der Waals surface area contributed by atoms with E-state index in [1.165, 1.54) is 19.2 Å². The van der Waals surface area contributed by atoms with Crippen LogP contribution < -0.4 is 5.32 Å². The van der Waals surface area contributed by atoms with E-state index in [1.807, 2.05) is 6.07 Å². The summed E-state index contributed by atoms with van der Waals surface area (Å²) in [5.41, 5.74) is -0.948. The quantitative estimate of drug-likeness (QED) is 0.724. The number of aliphatic hydroxyl groups excluding tert-OH is 1. The standard InChI is InChI=1S/C10H12ClN3O2/c1-10(16,6-15)5-14-9-8(11)7(4-12)2-3-13-9/h2-3,15-16H,5-6H2,1H3,(H,13,14). The first-order valence-electron chi connectivity index (χ1n) is 4.62. The van der Waals surface area contributed by atoms with E-state index < -0.39 is 5.60 Å². The number of anilines is 1. The fourth-order valence-corrected chi connectivity index (χ4v) is 1.20. The molecule has 1 aromatic rings. The van der Waals surface area contributed by atoms with E-state index in [9.17, 15) is 5.11 Å². The maximum atomic E-state index is 9.55. The van der Waals surface area contributed by atoms with Gasteiger partial charge >= 0.3 is 0 Å². The van der Waals surface area contributed by atoms with Gasteiger partial charge in [0.25, 0.3) is 0 Å². The lowest BCUT2D eigenvalue weighted by atomic mass is 10.1. The summed E-state index contributed by atoms with van der Waals surface area (Å²) in [6.45, 7) is 1.18. The monoisotopic (exact) mass is 241 g/mol. The van der Waals surface area contributed by atoms with Gasteiger partial charge in [-0.3, -0.25) is 0 Å². The van der Waals surface area contributed by atoms with Gasteiger partial charge in [0, 0.05) is 12.7 Å². The molecular weight excluding hydrogens is 230 g/mol. The van der Waals surface area contributed by atoms with Crippen LogP contribution in [0.4, 0.5) is 5.82 Å². The van der Waals surface area contributed by atoms with Gasteiger partial charge in [0.2, 0.25) is 0 Å². The average molecular weight is 242 g/mol. The fourth-order valence-electron chi connectivity index (χ4n) is 0.983. The van der Waals surface area contributed by atoms with Crippen LogP contribution in [0.15, 0.2) is 12.3 Å². The molecule has 0 aliphatic rings. The van der Waals surface area contributed by atoms with Crippen molar-refractivity contribution in [2.45, 2.75) is 12.5 Å². The molecular formula is C10H12ClN3O2. The molecule has 1 atom stereocenters. The Hall–Kier alpha value is -1.35. The maximum absolute atomic E-state index is 9.55. The molecule has 5 nitrogen and oxygen atoms in total. The number of nitrogens with zero attached hydrogens (tertiary/aromatic N) is 2. The number of pyridine rings is 1. The summed E-state index contributed by atoms with van der Waals surface area (Å²) >= 11 is 5.89. The van der Waals surface area contributed by atoms with Crippen molar-refractivity contribution >= 4 is 17.4 Å². The molecule has 86 valence electrons. The largest absolute Gasteiger partial charge is 0.393 e. The summed E-state index contributed by atoms with van der Waals surface area (Å²) < 4.78 is 0. The van der Waals surface area contributed by atoms with E-state index in [-0.39, 0.29) is 18.2 Å². The number of hydrogen-bond donors (Lipinski definition) is 3. The van der Waals surface area contributed by atoms with Crippen molar-refractivity contribution in [2.75, 3.05) is 18.5 Å². The van der Waals surface area contributed by atoms with Crippen LogP contribution in [0.2, 0.25) is 5.02 Å². The van der Waals surface area contributed by atoms with Crippen molar-refractivity contribution in [3.8, 4) is 6.07 Å². The third-order valence-electron chi connectivity index (χ3n) is 1.99. The highest BCUT2D eigenvalue weighted by atomic mass is 35.5. The lowest BCUT2D eigenvalue weighted by molar-refractivity contribution is 0.0132. The Bertz CT molecular complexity index is 415. The molecule has 16 heavy (non-hydrogen) atoms. The van der Waals surface area contributed by atoms with E-state index in [0.717, 1.165) is 0 Å². The summed E-state index contributed by atoms with van der Waals surface area (Å²) in [6, 6.07) is 3.42. The van der Waals surface area contributed by atoms with E-state index in [1.54, 1.807) is 0 Å². The fraction of sp³-hybridized carbons (Fsp3) is 0.400. The maximum Gasteiger partial charge on any atom is 0.146 e. The summed E-state index contributed by atoms with van der Waals surface area (Å²) in [5.74, 6) is 0.314. The number of nitriles is 1. The SMILES string of the molecule is CC(O)(CO)CNc1nccc(C#N)c1Cl. The van der Waals surface area contributed by atoms with Crippen molar-refractivity contribution in [3.63, 3.8) is 0 Å². The Kier molecular flexibility index (Phi) is 4.07. The first-order chi connectivity index (χ1) is 7.50. The predicted molar refractivity (Wildman–Crippen MR) is 60.2 cm³/mol. The van der Waals surface area contributed by atoms with E-state index in [2.05, 4.69) is 10.3 Å². The second kappa shape index (κ2) is 5.12. The highest BCUT2D eigenvalue weighted by molar-refractivity contribution is 6.34.